The molecular formula is C22H42O. The number of hydrogen-bond acceptors (Lipinski definition) is 1. The average Bonchev–Trinajstić information content (AvgIpc) is 2.53. The van der Waals surface area contributed by atoms with Crippen molar-refractivity contribution in [1.29, 1.82) is 0 Å². The monoisotopic (exact) mass is 322 g/mol. The van der Waals surface area contributed by atoms with Gasteiger partial charge in [-0.2, -0.15) is 0 Å². The second-order valence-corrected chi connectivity index (χ2v) is 6.92. The maximum Gasteiger partial charge on any atom is 0.0964 e. The third-order valence-electron chi connectivity index (χ3n) is 4.41. The molecule has 23 heavy (non-hydrogen) atoms. The molecule has 0 aliphatic carbocycles. The quantitative estimate of drug-likeness (QED) is 0.182. The van der Waals surface area contributed by atoms with Crippen LogP contribution in [-0.4, -0.2) is 0 Å². The van der Waals surface area contributed by atoms with E-state index in [-0.39, 0.29) is 0 Å². The Balaban J connectivity index is 3.36. The van der Waals surface area contributed by atoms with E-state index >= 15 is 0 Å². The predicted octanol–water partition coefficient (Wildman–Crippen LogP) is 8.31. The van der Waals surface area contributed by atoms with Gasteiger partial charge in [-0.1, -0.05) is 104 Å². The van der Waals surface area contributed by atoms with Crippen molar-refractivity contribution in [2.75, 3.05) is 0 Å². The lowest BCUT2D eigenvalue weighted by Crippen LogP contribution is -1.93. The SMILES string of the molecule is C=C(CCCCCCCCC)OC(=C)CCCCCCCCC. The van der Waals surface area contributed by atoms with Crippen LogP contribution in [0.2, 0.25) is 0 Å². The average molecular weight is 323 g/mol. The molecule has 0 aliphatic rings. The van der Waals surface area contributed by atoms with E-state index in [1.165, 1.54) is 89.9 Å². The van der Waals surface area contributed by atoms with Crippen molar-refractivity contribution in [3.05, 3.63) is 24.7 Å². The number of rotatable bonds is 18. The summed E-state index contributed by atoms with van der Waals surface area (Å²) < 4.78 is 5.75. The van der Waals surface area contributed by atoms with Crippen molar-refractivity contribution in [2.24, 2.45) is 0 Å². The summed E-state index contributed by atoms with van der Waals surface area (Å²) >= 11 is 0. The Morgan fingerprint density at radius 2 is 0.826 bits per heavy atom. The predicted molar refractivity (Wildman–Crippen MR) is 105 cm³/mol. The van der Waals surface area contributed by atoms with Crippen molar-refractivity contribution >= 4 is 0 Å². The van der Waals surface area contributed by atoms with Gasteiger partial charge >= 0.3 is 0 Å². The van der Waals surface area contributed by atoms with Crippen molar-refractivity contribution in [3.63, 3.8) is 0 Å². The molecule has 0 aromatic rings. The first kappa shape index (κ1) is 22.3. The van der Waals surface area contributed by atoms with Crippen LogP contribution in [0.4, 0.5) is 0 Å². The highest BCUT2D eigenvalue weighted by atomic mass is 16.5. The first-order valence-electron chi connectivity index (χ1n) is 10.2. The summed E-state index contributed by atoms with van der Waals surface area (Å²) in [6.07, 6.45) is 20.7. The lowest BCUT2D eigenvalue weighted by Gasteiger charge is -2.11. The Morgan fingerprint density at radius 3 is 1.17 bits per heavy atom. The van der Waals surface area contributed by atoms with Crippen LogP contribution >= 0.6 is 0 Å². The highest BCUT2D eigenvalue weighted by Gasteiger charge is 2.01. The second-order valence-electron chi connectivity index (χ2n) is 6.92. The number of ether oxygens (including phenoxy) is 1. The van der Waals surface area contributed by atoms with E-state index < -0.39 is 0 Å². The Labute approximate surface area is 146 Å². The van der Waals surface area contributed by atoms with Crippen LogP contribution in [0, 0.1) is 0 Å². The van der Waals surface area contributed by atoms with Gasteiger partial charge in [-0.05, 0) is 12.8 Å². The molecule has 0 aromatic carbocycles. The van der Waals surface area contributed by atoms with E-state index in [1.54, 1.807) is 0 Å². The molecular weight excluding hydrogens is 280 g/mol. The minimum absolute atomic E-state index is 0.909. The zero-order valence-electron chi connectivity index (χ0n) is 16.1. The zero-order chi connectivity index (χ0) is 17.2. The molecule has 0 saturated carbocycles. The fourth-order valence-electron chi connectivity index (χ4n) is 2.86. The smallest absolute Gasteiger partial charge is 0.0964 e. The summed E-state index contributed by atoms with van der Waals surface area (Å²) in [7, 11) is 0. The summed E-state index contributed by atoms with van der Waals surface area (Å²) in [5.41, 5.74) is 0. The third kappa shape index (κ3) is 17.5. The van der Waals surface area contributed by atoms with E-state index in [0.29, 0.717) is 0 Å². The van der Waals surface area contributed by atoms with E-state index in [0.717, 1.165) is 24.4 Å². The molecule has 1 nitrogen and oxygen atoms in total. The Morgan fingerprint density at radius 1 is 0.522 bits per heavy atom. The molecule has 0 rings (SSSR count). The van der Waals surface area contributed by atoms with Crippen LogP contribution in [0.5, 0.6) is 0 Å². The minimum atomic E-state index is 0.909. The number of allylic oxidation sites excluding steroid dienone is 2. The molecule has 0 aliphatic heterocycles. The molecule has 0 saturated heterocycles. The number of hydrogen-bond donors (Lipinski definition) is 0. The highest BCUT2D eigenvalue weighted by Crippen LogP contribution is 2.17. The van der Waals surface area contributed by atoms with Crippen molar-refractivity contribution < 1.29 is 4.74 Å². The van der Waals surface area contributed by atoms with Crippen molar-refractivity contribution in [1.82, 2.24) is 0 Å². The second kappa shape index (κ2) is 17.6. The van der Waals surface area contributed by atoms with Gasteiger partial charge in [0.1, 0.15) is 0 Å². The summed E-state index contributed by atoms with van der Waals surface area (Å²) in [5, 5.41) is 0. The van der Waals surface area contributed by atoms with E-state index in [9.17, 15) is 0 Å². The molecule has 0 bridgehead atoms. The standard InChI is InChI=1S/C22H42O/c1-5-7-9-11-13-15-17-19-21(3)23-22(4)20-18-16-14-12-10-8-6-2/h3-20H2,1-2H3. The molecule has 0 unspecified atom stereocenters. The molecule has 0 atom stereocenters. The van der Waals surface area contributed by atoms with E-state index in [1.807, 2.05) is 0 Å². The summed E-state index contributed by atoms with van der Waals surface area (Å²) in [4.78, 5) is 0. The molecule has 0 heterocycles. The van der Waals surface area contributed by atoms with Gasteiger partial charge in [0.05, 0.1) is 11.5 Å². The van der Waals surface area contributed by atoms with Gasteiger partial charge in [0.25, 0.3) is 0 Å². The maximum absolute atomic E-state index is 5.75. The molecule has 136 valence electrons. The lowest BCUT2D eigenvalue weighted by atomic mass is 10.1. The van der Waals surface area contributed by atoms with Crippen molar-refractivity contribution in [2.45, 2.75) is 117 Å². The lowest BCUT2D eigenvalue weighted by molar-refractivity contribution is 0.274. The minimum Gasteiger partial charge on any atom is -0.467 e. The van der Waals surface area contributed by atoms with E-state index in [4.69, 9.17) is 4.74 Å². The molecule has 0 aromatic heterocycles. The molecule has 0 radical (unpaired) electrons. The van der Waals surface area contributed by atoms with Gasteiger partial charge in [-0.15, -0.1) is 0 Å². The van der Waals surface area contributed by atoms with Crippen LogP contribution in [0.25, 0.3) is 0 Å². The molecule has 1 heteroatoms. The summed E-state index contributed by atoms with van der Waals surface area (Å²) in [6.45, 7) is 12.6. The first-order valence-corrected chi connectivity index (χ1v) is 10.2. The zero-order valence-corrected chi connectivity index (χ0v) is 16.1. The molecule has 0 fully saturated rings. The summed E-state index contributed by atoms with van der Waals surface area (Å²) in [5.74, 6) is 1.82. The van der Waals surface area contributed by atoms with Gasteiger partial charge in [-0.25, -0.2) is 0 Å². The normalized spacial score (nSPS) is 10.7. The van der Waals surface area contributed by atoms with Gasteiger partial charge in [0.15, 0.2) is 0 Å². The van der Waals surface area contributed by atoms with Crippen LogP contribution in [0.3, 0.4) is 0 Å². The molecule has 0 N–H and O–H groups in total. The highest BCUT2D eigenvalue weighted by molar-refractivity contribution is 4.93. The van der Waals surface area contributed by atoms with Crippen LogP contribution < -0.4 is 0 Å². The topological polar surface area (TPSA) is 9.23 Å². The Kier molecular flexibility index (Phi) is 17.1. The van der Waals surface area contributed by atoms with Crippen LogP contribution in [0.15, 0.2) is 24.7 Å². The first-order chi connectivity index (χ1) is 11.2. The third-order valence-corrected chi connectivity index (χ3v) is 4.41. The van der Waals surface area contributed by atoms with Crippen molar-refractivity contribution in [3.8, 4) is 0 Å². The molecule has 0 spiro atoms. The van der Waals surface area contributed by atoms with Gasteiger partial charge in [0.2, 0.25) is 0 Å². The number of unbranched alkanes of at least 4 members (excludes halogenated alkanes) is 12. The fraction of sp³-hybridized carbons (Fsp3) is 0.818. The Bertz CT molecular complexity index is 252. The summed E-state index contributed by atoms with van der Waals surface area (Å²) in [6, 6.07) is 0. The van der Waals surface area contributed by atoms with Gasteiger partial charge in [0, 0.05) is 12.8 Å². The maximum atomic E-state index is 5.75. The Hall–Kier alpha value is -0.720. The largest absolute Gasteiger partial charge is 0.467 e. The van der Waals surface area contributed by atoms with Crippen LogP contribution in [0.1, 0.15) is 117 Å². The fourth-order valence-corrected chi connectivity index (χ4v) is 2.86. The molecule has 0 amide bonds. The van der Waals surface area contributed by atoms with Crippen LogP contribution in [-0.2, 0) is 4.74 Å². The van der Waals surface area contributed by atoms with Gasteiger partial charge < -0.3 is 4.74 Å². The van der Waals surface area contributed by atoms with E-state index in [2.05, 4.69) is 27.0 Å². The van der Waals surface area contributed by atoms with Gasteiger partial charge in [-0.3, -0.25) is 0 Å².